The van der Waals surface area contributed by atoms with Crippen LogP contribution in [-0.4, -0.2) is 52.6 Å². The topological polar surface area (TPSA) is 106 Å². The van der Waals surface area contributed by atoms with Gasteiger partial charge in [-0.25, -0.2) is 9.78 Å². The van der Waals surface area contributed by atoms with Gasteiger partial charge in [-0.1, -0.05) is 32.8 Å². The molecular formula is C26H30N2O6S. The SMILES string of the molecule is CCCCOC(=O)CN(Cc1csc(C(=O)OCCCC)c1)C(=O)c1ccc2cc(O)ccc2n1. The van der Waals surface area contributed by atoms with E-state index in [4.69, 9.17) is 9.47 Å². The number of benzene rings is 1. The fraction of sp³-hybridized carbons (Fsp3) is 0.385. The summed E-state index contributed by atoms with van der Waals surface area (Å²) in [4.78, 5) is 44.3. The summed E-state index contributed by atoms with van der Waals surface area (Å²) >= 11 is 1.24. The van der Waals surface area contributed by atoms with Crippen LogP contribution in [0.15, 0.2) is 41.8 Å². The van der Waals surface area contributed by atoms with E-state index < -0.39 is 17.8 Å². The average Bonchev–Trinajstić information content (AvgIpc) is 3.32. The number of carbonyl (C=O) groups is 3. The molecule has 1 amide bonds. The van der Waals surface area contributed by atoms with Crippen LogP contribution in [0.5, 0.6) is 5.75 Å². The minimum atomic E-state index is -0.507. The molecule has 0 aliphatic rings. The molecule has 3 rings (SSSR count). The third-order valence-corrected chi connectivity index (χ3v) is 6.18. The van der Waals surface area contributed by atoms with Crippen molar-refractivity contribution in [3.05, 3.63) is 57.9 Å². The van der Waals surface area contributed by atoms with Crippen molar-refractivity contribution in [1.82, 2.24) is 9.88 Å². The van der Waals surface area contributed by atoms with Crippen molar-refractivity contribution in [1.29, 1.82) is 0 Å². The van der Waals surface area contributed by atoms with E-state index >= 15 is 0 Å². The number of esters is 2. The highest BCUT2D eigenvalue weighted by Crippen LogP contribution is 2.21. The number of hydrogen-bond donors (Lipinski definition) is 1. The van der Waals surface area contributed by atoms with Gasteiger partial charge < -0.3 is 19.5 Å². The molecule has 2 heterocycles. The first-order chi connectivity index (χ1) is 16.9. The summed E-state index contributed by atoms with van der Waals surface area (Å²) in [6, 6.07) is 9.62. The number of rotatable bonds is 12. The van der Waals surface area contributed by atoms with Crippen LogP contribution in [0.1, 0.15) is 65.3 Å². The maximum Gasteiger partial charge on any atom is 0.348 e. The number of thiophene rings is 1. The van der Waals surface area contributed by atoms with Crippen molar-refractivity contribution in [3.63, 3.8) is 0 Å². The second kappa shape index (κ2) is 12.9. The predicted molar refractivity (Wildman–Crippen MR) is 134 cm³/mol. The van der Waals surface area contributed by atoms with Crippen LogP contribution in [0.3, 0.4) is 0 Å². The van der Waals surface area contributed by atoms with Crippen molar-refractivity contribution < 1.29 is 29.0 Å². The molecule has 0 bridgehead atoms. The molecule has 8 nitrogen and oxygen atoms in total. The van der Waals surface area contributed by atoms with E-state index in [2.05, 4.69) is 4.98 Å². The number of nitrogens with zero attached hydrogens (tertiary/aromatic N) is 2. The van der Waals surface area contributed by atoms with Crippen molar-refractivity contribution in [2.75, 3.05) is 19.8 Å². The van der Waals surface area contributed by atoms with E-state index in [0.29, 0.717) is 34.6 Å². The Hall–Kier alpha value is -3.46. The molecular weight excluding hydrogens is 468 g/mol. The molecule has 1 N–H and O–H groups in total. The van der Waals surface area contributed by atoms with Gasteiger partial charge in [0.2, 0.25) is 0 Å². The second-order valence-electron chi connectivity index (χ2n) is 8.12. The maximum absolute atomic E-state index is 13.4. The fourth-order valence-corrected chi connectivity index (χ4v) is 4.09. The van der Waals surface area contributed by atoms with E-state index in [9.17, 15) is 19.5 Å². The first-order valence-electron chi connectivity index (χ1n) is 11.7. The van der Waals surface area contributed by atoms with E-state index in [1.807, 2.05) is 13.8 Å². The quantitative estimate of drug-likeness (QED) is 0.278. The average molecular weight is 499 g/mol. The molecule has 0 saturated heterocycles. The zero-order valence-corrected chi connectivity index (χ0v) is 20.8. The van der Waals surface area contributed by atoms with Gasteiger partial charge in [0.15, 0.2) is 0 Å². The lowest BCUT2D eigenvalue weighted by molar-refractivity contribution is -0.144. The summed E-state index contributed by atoms with van der Waals surface area (Å²) in [5, 5.41) is 12.1. The van der Waals surface area contributed by atoms with E-state index in [1.54, 1.807) is 35.7 Å². The van der Waals surface area contributed by atoms with Crippen LogP contribution in [-0.2, 0) is 20.8 Å². The molecule has 0 fully saturated rings. The van der Waals surface area contributed by atoms with Gasteiger partial charge in [-0.3, -0.25) is 9.59 Å². The van der Waals surface area contributed by atoms with Gasteiger partial charge in [0.1, 0.15) is 22.9 Å². The summed E-state index contributed by atoms with van der Waals surface area (Å²) < 4.78 is 10.5. The highest BCUT2D eigenvalue weighted by Gasteiger charge is 2.23. The number of carbonyl (C=O) groups excluding carboxylic acids is 3. The molecule has 3 aromatic rings. The Bertz CT molecular complexity index is 1180. The van der Waals surface area contributed by atoms with Crippen molar-refractivity contribution in [2.45, 2.75) is 46.1 Å². The van der Waals surface area contributed by atoms with Gasteiger partial charge in [-0.2, -0.15) is 0 Å². The van der Waals surface area contributed by atoms with Crippen LogP contribution in [0.2, 0.25) is 0 Å². The number of phenolic OH excluding ortho intramolecular Hbond substituents is 1. The maximum atomic E-state index is 13.4. The Morgan fingerprint density at radius 2 is 1.74 bits per heavy atom. The number of phenols is 1. The zero-order chi connectivity index (χ0) is 25.2. The number of hydrogen-bond acceptors (Lipinski definition) is 8. The minimum absolute atomic E-state index is 0.107. The number of amides is 1. The Labute approximate surface area is 208 Å². The molecule has 186 valence electrons. The Morgan fingerprint density at radius 1 is 1.00 bits per heavy atom. The molecule has 0 radical (unpaired) electrons. The molecule has 35 heavy (non-hydrogen) atoms. The van der Waals surface area contributed by atoms with E-state index in [1.165, 1.54) is 22.3 Å². The molecule has 0 atom stereocenters. The molecule has 1 aromatic carbocycles. The van der Waals surface area contributed by atoms with Gasteiger partial charge in [-0.15, -0.1) is 11.3 Å². The van der Waals surface area contributed by atoms with E-state index in [-0.39, 0.29) is 24.5 Å². The number of fused-ring (bicyclic) bond motifs is 1. The van der Waals surface area contributed by atoms with Crippen LogP contribution in [0.4, 0.5) is 0 Å². The number of ether oxygens (including phenoxy) is 2. The molecule has 0 saturated carbocycles. The lowest BCUT2D eigenvalue weighted by Crippen LogP contribution is -2.36. The third kappa shape index (κ3) is 7.51. The lowest BCUT2D eigenvalue weighted by atomic mass is 10.2. The lowest BCUT2D eigenvalue weighted by Gasteiger charge is -2.21. The standard InChI is InChI=1S/C26H30N2O6S/c1-3-5-11-33-24(30)16-28(15-18-13-23(35-17-18)26(32)34-12-6-4-2)25(31)22-9-7-19-14-20(29)8-10-21(19)27-22/h7-10,13-14,17,29H,3-6,11-12,15-16H2,1-2H3. The molecule has 0 aliphatic heterocycles. The van der Waals surface area contributed by atoms with Crippen LogP contribution >= 0.6 is 11.3 Å². The third-order valence-electron chi connectivity index (χ3n) is 5.22. The predicted octanol–water partition coefficient (Wildman–Crippen LogP) is 4.94. The molecule has 0 spiro atoms. The van der Waals surface area contributed by atoms with Crippen molar-refractivity contribution in [2.24, 2.45) is 0 Å². The molecule has 2 aromatic heterocycles. The monoisotopic (exact) mass is 498 g/mol. The molecule has 0 aliphatic carbocycles. The Balaban J connectivity index is 1.78. The summed E-state index contributed by atoms with van der Waals surface area (Å²) in [5.41, 5.74) is 1.42. The molecule has 9 heteroatoms. The number of pyridine rings is 1. The number of aromatic nitrogens is 1. The van der Waals surface area contributed by atoms with Crippen molar-refractivity contribution in [3.8, 4) is 5.75 Å². The largest absolute Gasteiger partial charge is 0.508 e. The van der Waals surface area contributed by atoms with Crippen molar-refractivity contribution >= 4 is 40.1 Å². The number of aromatic hydroxyl groups is 1. The first kappa shape index (κ1) is 26.2. The first-order valence-corrected chi connectivity index (χ1v) is 12.6. The highest BCUT2D eigenvalue weighted by atomic mass is 32.1. The van der Waals surface area contributed by atoms with Gasteiger partial charge >= 0.3 is 11.9 Å². The van der Waals surface area contributed by atoms with E-state index in [0.717, 1.165) is 25.7 Å². The second-order valence-corrected chi connectivity index (χ2v) is 9.03. The Kier molecular flexibility index (Phi) is 9.60. The molecule has 0 unspecified atom stereocenters. The summed E-state index contributed by atoms with van der Waals surface area (Å²) in [6.07, 6.45) is 3.36. The summed E-state index contributed by atoms with van der Waals surface area (Å²) in [6.45, 7) is 4.53. The zero-order valence-electron chi connectivity index (χ0n) is 20.0. The van der Waals surface area contributed by atoms with Gasteiger partial charge in [-0.05, 0) is 54.1 Å². The van der Waals surface area contributed by atoms with Crippen LogP contribution in [0, 0.1) is 0 Å². The van der Waals surface area contributed by atoms with Crippen LogP contribution in [0.25, 0.3) is 10.9 Å². The Morgan fingerprint density at radius 3 is 2.49 bits per heavy atom. The normalized spacial score (nSPS) is 10.8. The fourth-order valence-electron chi connectivity index (χ4n) is 3.29. The summed E-state index contributed by atoms with van der Waals surface area (Å²) in [5.74, 6) is -1.24. The highest BCUT2D eigenvalue weighted by molar-refractivity contribution is 7.12. The van der Waals surface area contributed by atoms with Gasteiger partial charge in [0.05, 0.1) is 18.7 Å². The summed E-state index contributed by atoms with van der Waals surface area (Å²) in [7, 11) is 0. The number of unbranched alkanes of at least 4 members (excludes halogenated alkanes) is 2. The van der Waals surface area contributed by atoms with Gasteiger partial charge in [0.25, 0.3) is 5.91 Å². The smallest absolute Gasteiger partial charge is 0.348 e. The van der Waals surface area contributed by atoms with Crippen LogP contribution < -0.4 is 0 Å². The van der Waals surface area contributed by atoms with Gasteiger partial charge in [0, 0.05) is 11.9 Å². The minimum Gasteiger partial charge on any atom is -0.508 e.